The van der Waals surface area contributed by atoms with E-state index in [1.165, 1.54) is 17.1 Å². The molecule has 0 saturated heterocycles. The van der Waals surface area contributed by atoms with E-state index in [9.17, 15) is 9.50 Å². The molecule has 0 fully saturated rings. The smallest absolute Gasteiger partial charge is 0.123 e. The third-order valence-corrected chi connectivity index (χ3v) is 3.53. The van der Waals surface area contributed by atoms with Crippen LogP contribution >= 0.6 is 0 Å². The van der Waals surface area contributed by atoms with Gasteiger partial charge in [-0.2, -0.15) is 0 Å². The highest BCUT2D eigenvalue weighted by molar-refractivity contribution is 5.17. The summed E-state index contributed by atoms with van der Waals surface area (Å²) < 4.78 is 12.8. The van der Waals surface area contributed by atoms with E-state index in [2.05, 4.69) is 0 Å². The van der Waals surface area contributed by atoms with Crippen molar-refractivity contribution in [3.63, 3.8) is 0 Å². The van der Waals surface area contributed by atoms with Crippen molar-refractivity contribution in [2.45, 2.75) is 25.1 Å². The van der Waals surface area contributed by atoms with Gasteiger partial charge >= 0.3 is 0 Å². The van der Waals surface area contributed by atoms with E-state index in [-0.39, 0.29) is 18.4 Å². The summed E-state index contributed by atoms with van der Waals surface area (Å²) in [5.41, 5.74) is 7.99. The van der Waals surface area contributed by atoms with E-state index >= 15 is 0 Å². The van der Waals surface area contributed by atoms with Gasteiger partial charge in [-0.25, -0.2) is 9.40 Å². The highest BCUT2D eigenvalue weighted by Crippen LogP contribution is 2.08. The summed E-state index contributed by atoms with van der Waals surface area (Å²) in [6.07, 6.45) is -0.141. The zero-order valence-corrected chi connectivity index (χ0v) is 12.4. The lowest BCUT2D eigenvalue weighted by molar-refractivity contribution is 0.0877. The number of halogens is 1. The predicted molar refractivity (Wildman–Crippen MR) is 85.1 cm³/mol. The van der Waals surface area contributed by atoms with Crippen LogP contribution < -0.4 is 11.6 Å². The van der Waals surface area contributed by atoms with Crippen molar-refractivity contribution in [2.24, 2.45) is 11.6 Å². The minimum Gasteiger partial charge on any atom is -0.390 e. The Hall–Kier alpha value is -1.79. The fraction of sp³-hybridized carbons (Fsp3) is 0.294. The topological polar surface area (TPSA) is 75.5 Å². The van der Waals surface area contributed by atoms with E-state index in [1.807, 2.05) is 30.3 Å². The van der Waals surface area contributed by atoms with Gasteiger partial charge in [0.05, 0.1) is 6.10 Å². The lowest BCUT2D eigenvalue weighted by Gasteiger charge is -2.24. The number of hydrazine groups is 1. The van der Waals surface area contributed by atoms with Crippen LogP contribution in [0.5, 0.6) is 0 Å². The molecule has 0 amide bonds. The SMILES string of the molecule is NC(Cc1ccccc1)[C@@H](O)CN(N)Cc1ccc(F)cc1. The van der Waals surface area contributed by atoms with Crippen LogP contribution in [0.1, 0.15) is 11.1 Å². The normalized spacial score (nSPS) is 14.0. The Bertz CT molecular complexity index is 562. The molecule has 0 aromatic heterocycles. The number of rotatable bonds is 7. The second-order valence-electron chi connectivity index (χ2n) is 5.48. The van der Waals surface area contributed by atoms with Gasteiger partial charge in [-0.15, -0.1) is 0 Å². The number of benzene rings is 2. The molecule has 0 saturated carbocycles. The van der Waals surface area contributed by atoms with Crippen molar-refractivity contribution in [3.05, 3.63) is 71.5 Å². The quantitative estimate of drug-likeness (QED) is 0.534. The van der Waals surface area contributed by atoms with E-state index < -0.39 is 6.10 Å². The van der Waals surface area contributed by atoms with Crippen molar-refractivity contribution < 1.29 is 9.50 Å². The molecule has 0 spiro atoms. The molecule has 0 aliphatic rings. The summed E-state index contributed by atoms with van der Waals surface area (Å²) in [4.78, 5) is 0. The zero-order chi connectivity index (χ0) is 15.9. The average Bonchev–Trinajstić information content (AvgIpc) is 2.50. The van der Waals surface area contributed by atoms with E-state index in [0.29, 0.717) is 13.0 Å². The number of nitrogens with two attached hydrogens (primary N) is 2. The van der Waals surface area contributed by atoms with Crippen LogP contribution in [0.25, 0.3) is 0 Å². The molecule has 5 heteroatoms. The number of nitrogens with zero attached hydrogens (tertiary/aromatic N) is 1. The molecular weight excluding hydrogens is 281 g/mol. The third kappa shape index (κ3) is 5.20. The second-order valence-corrected chi connectivity index (χ2v) is 5.48. The second kappa shape index (κ2) is 8.00. The Morgan fingerprint density at radius 1 is 1.00 bits per heavy atom. The van der Waals surface area contributed by atoms with Crippen molar-refractivity contribution in [2.75, 3.05) is 6.54 Å². The molecule has 5 N–H and O–H groups in total. The van der Waals surface area contributed by atoms with Gasteiger partial charge in [-0.05, 0) is 29.7 Å². The first-order chi connectivity index (χ1) is 10.5. The Labute approximate surface area is 130 Å². The van der Waals surface area contributed by atoms with Crippen molar-refractivity contribution in [1.82, 2.24) is 5.01 Å². The molecule has 0 heterocycles. The fourth-order valence-electron chi connectivity index (χ4n) is 2.29. The molecule has 1 unspecified atom stereocenters. The summed E-state index contributed by atoms with van der Waals surface area (Å²) in [6.45, 7) is 0.681. The van der Waals surface area contributed by atoms with Gasteiger partial charge in [0, 0.05) is 19.1 Å². The summed E-state index contributed by atoms with van der Waals surface area (Å²) in [5.74, 6) is 5.62. The van der Waals surface area contributed by atoms with Crippen molar-refractivity contribution >= 4 is 0 Å². The summed E-state index contributed by atoms with van der Waals surface area (Å²) in [5, 5.41) is 11.7. The summed E-state index contributed by atoms with van der Waals surface area (Å²) in [7, 11) is 0. The molecule has 2 aromatic carbocycles. The van der Waals surface area contributed by atoms with Gasteiger partial charge in [-0.3, -0.25) is 5.84 Å². The van der Waals surface area contributed by atoms with Gasteiger partial charge < -0.3 is 10.8 Å². The fourth-order valence-corrected chi connectivity index (χ4v) is 2.29. The van der Waals surface area contributed by atoms with Crippen LogP contribution in [0.4, 0.5) is 4.39 Å². The first kappa shape index (κ1) is 16.6. The van der Waals surface area contributed by atoms with Crippen LogP contribution in [-0.4, -0.2) is 28.8 Å². The summed E-state index contributed by atoms with van der Waals surface area (Å²) >= 11 is 0. The maximum atomic E-state index is 12.8. The average molecular weight is 303 g/mol. The molecule has 4 nitrogen and oxygen atoms in total. The van der Waals surface area contributed by atoms with Crippen LogP contribution in [0.2, 0.25) is 0 Å². The molecule has 0 aliphatic heterocycles. The minimum absolute atomic E-state index is 0.255. The number of hydrogen-bond donors (Lipinski definition) is 3. The first-order valence-corrected chi connectivity index (χ1v) is 7.26. The third-order valence-electron chi connectivity index (χ3n) is 3.53. The predicted octanol–water partition coefficient (Wildman–Crippen LogP) is 1.43. The molecule has 2 atom stereocenters. The Morgan fingerprint density at radius 3 is 2.27 bits per heavy atom. The van der Waals surface area contributed by atoms with Gasteiger partial charge in [0.15, 0.2) is 0 Å². The van der Waals surface area contributed by atoms with Gasteiger partial charge in [-0.1, -0.05) is 42.5 Å². The molecule has 0 bridgehead atoms. The lowest BCUT2D eigenvalue weighted by atomic mass is 10.0. The number of hydrogen-bond acceptors (Lipinski definition) is 4. The van der Waals surface area contributed by atoms with Crippen LogP contribution in [0.3, 0.4) is 0 Å². The van der Waals surface area contributed by atoms with E-state index in [4.69, 9.17) is 11.6 Å². The maximum absolute atomic E-state index is 12.8. The van der Waals surface area contributed by atoms with Crippen LogP contribution in [0, 0.1) is 5.82 Å². The molecule has 0 aliphatic carbocycles. The highest BCUT2D eigenvalue weighted by atomic mass is 19.1. The largest absolute Gasteiger partial charge is 0.390 e. The Morgan fingerprint density at radius 2 is 1.64 bits per heavy atom. The number of aliphatic hydroxyl groups is 1. The highest BCUT2D eigenvalue weighted by Gasteiger charge is 2.17. The molecular formula is C17H22FN3O. The molecule has 2 aromatic rings. The summed E-state index contributed by atoms with van der Waals surface area (Å²) in [6, 6.07) is 15.5. The maximum Gasteiger partial charge on any atom is 0.123 e. The number of aliphatic hydroxyl groups excluding tert-OH is 1. The zero-order valence-electron chi connectivity index (χ0n) is 12.4. The van der Waals surface area contributed by atoms with E-state index in [0.717, 1.165) is 11.1 Å². The monoisotopic (exact) mass is 303 g/mol. The Kier molecular flexibility index (Phi) is 6.03. The van der Waals surface area contributed by atoms with Gasteiger partial charge in [0.1, 0.15) is 5.82 Å². The van der Waals surface area contributed by atoms with Crippen LogP contribution in [0.15, 0.2) is 54.6 Å². The van der Waals surface area contributed by atoms with Gasteiger partial charge in [0.25, 0.3) is 0 Å². The lowest BCUT2D eigenvalue weighted by Crippen LogP contribution is -2.46. The molecule has 2 rings (SSSR count). The molecule has 22 heavy (non-hydrogen) atoms. The standard InChI is InChI=1S/C17H22FN3O/c18-15-8-6-14(7-9-15)11-21(20)12-17(22)16(19)10-13-4-2-1-3-5-13/h1-9,16-17,22H,10-12,19-20H2/t16?,17-/m0/s1. The van der Waals surface area contributed by atoms with Gasteiger partial charge in [0.2, 0.25) is 0 Å². The minimum atomic E-state index is -0.731. The van der Waals surface area contributed by atoms with Crippen molar-refractivity contribution in [1.29, 1.82) is 0 Å². The van der Waals surface area contributed by atoms with Crippen molar-refractivity contribution in [3.8, 4) is 0 Å². The molecule has 118 valence electrons. The Balaban J connectivity index is 1.82. The molecule has 0 radical (unpaired) electrons. The van der Waals surface area contributed by atoms with E-state index in [1.54, 1.807) is 12.1 Å². The first-order valence-electron chi connectivity index (χ1n) is 7.26. The van der Waals surface area contributed by atoms with Crippen LogP contribution in [-0.2, 0) is 13.0 Å².